The summed E-state index contributed by atoms with van der Waals surface area (Å²) in [5.74, 6) is 3.70. The second-order valence-electron chi connectivity index (χ2n) is 2.74. The molecule has 2 aromatic heterocycles. The van der Waals surface area contributed by atoms with Gasteiger partial charge in [-0.1, -0.05) is 0 Å². The summed E-state index contributed by atoms with van der Waals surface area (Å²) in [7, 11) is 0. The zero-order valence-electron chi connectivity index (χ0n) is 8.18. The Morgan fingerprint density at radius 1 is 1.24 bits per heavy atom. The molecule has 0 bridgehead atoms. The number of carbonyl (C=O) groups is 2. The molecule has 0 saturated heterocycles. The van der Waals surface area contributed by atoms with Crippen molar-refractivity contribution in [3.05, 3.63) is 23.8 Å². The van der Waals surface area contributed by atoms with Gasteiger partial charge in [0.15, 0.2) is 0 Å². The highest BCUT2D eigenvalue weighted by atomic mass is 16.1. The van der Waals surface area contributed by atoms with E-state index in [9.17, 15) is 9.59 Å². The fraction of sp³-hybridized carbons (Fsp3) is 0. The van der Waals surface area contributed by atoms with E-state index in [4.69, 9.17) is 5.84 Å². The maximum atomic E-state index is 11.5. The molecule has 0 amide bonds. The van der Waals surface area contributed by atoms with E-state index in [2.05, 4.69) is 36.1 Å². The largest absolute Gasteiger partial charge is 0.320 e. The average Bonchev–Trinajstić information content (AvgIpc) is 2.95. The molecular formula is C6H5N9O2. The van der Waals surface area contributed by atoms with Gasteiger partial charge in [-0.05, 0) is 27.8 Å². The monoisotopic (exact) mass is 235 g/mol. The highest BCUT2D eigenvalue weighted by Crippen LogP contribution is 1.94. The smallest absolute Gasteiger partial charge is 0.244 e. The molecule has 86 valence electrons. The van der Waals surface area contributed by atoms with Gasteiger partial charge < -0.3 is 5.84 Å². The molecule has 0 aliphatic carbocycles. The number of allylic oxidation sites excluding steroid dienone is 2. The Balaban J connectivity index is 2.10. The number of ketones is 2. The van der Waals surface area contributed by atoms with Crippen LogP contribution in [0.1, 0.15) is 21.2 Å². The highest BCUT2D eigenvalue weighted by molar-refractivity contribution is 6.09. The molecule has 0 unspecified atom stereocenters. The van der Waals surface area contributed by atoms with Gasteiger partial charge in [0.1, 0.15) is 0 Å². The zero-order chi connectivity index (χ0) is 12.3. The van der Waals surface area contributed by atoms with Crippen molar-refractivity contribution in [1.29, 1.82) is 0 Å². The van der Waals surface area contributed by atoms with Crippen LogP contribution in [-0.2, 0) is 0 Å². The predicted molar refractivity (Wildman–Crippen MR) is 49.9 cm³/mol. The van der Waals surface area contributed by atoms with Gasteiger partial charge in [0.2, 0.25) is 23.2 Å². The first-order chi connectivity index (χ1) is 8.18. The van der Waals surface area contributed by atoms with Gasteiger partial charge in [-0.2, -0.15) is 5.21 Å². The summed E-state index contributed by atoms with van der Waals surface area (Å²) in [4.78, 5) is 23.5. The molecule has 3 N–H and O–H groups in total. The number of aromatic nitrogens is 8. The number of nitrogens with two attached hydrogens (primary N) is 1. The first-order valence-electron chi connectivity index (χ1n) is 4.22. The fourth-order valence-electron chi connectivity index (χ4n) is 0.922. The number of tetrazole rings is 2. The molecule has 2 rings (SSSR count). The molecule has 0 fully saturated rings. The van der Waals surface area contributed by atoms with Gasteiger partial charge in [-0.15, -0.1) is 20.1 Å². The fourth-order valence-corrected chi connectivity index (χ4v) is 0.922. The van der Waals surface area contributed by atoms with Gasteiger partial charge in [0.25, 0.3) is 0 Å². The van der Waals surface area contributed by atoms with E-state index >= 15 is 0 Å². The van der Waals surface area contributed by atoms with E-state index < -0.39 is 11.6 Å². The Morgan fingerprint density at radius 2 is 2.00 bits per heavy atom. The Bertz CT molecular complexity index is 568. The van der Waals surface area contributed by atoms with Crippen LogP contribution >= 0.6 is 0 Å². The third kappa shape index (κ3) is 2.17. The number of carbonyl (C=O) groups excluding carboxylic acids is 2. The van der Waals surface area contributed by atoms with Crippen LogP contribution in [-0.4, -0.2) is 52.5 Å². The Hall–Kier alpha value is -2.98. The standard InChI is InChI=1S/C6H5N9O2/c7-15-6(10-13-14-15)4(17)2-1-3(16)5-8-11-12-9-5/h1-2H,7H2,(H,8,9,11,12)/b2-1-. The molecule has 0 aliphatic rings. The molecule has 2 aromatic rings. The van der Waals surface area contributed by atoms with Crippen LogP contribution in [0.3, 0.4) is 0 Å². The van der Waals surface area contributed by atoms with Crippen molar-refractivity contribution in [2.75, 3.05) is 5.84 Å². The summed E-state index contributed by atoms with van der Waals surface area (Å²) < 4.78 is 0. The van der Waals surface area contributed by atoms with Crippen molar-refractivity contribution in [2.45, 2.75) is 0 Å². The summed E-state index contributed by atoms with van der Waals surface area (Å²) in [6, 6.07) is 0. The summed E-state index contributed by atoms with van der Waals surface area (Å²) in [5.41, 5.74) is 0. The van der Waals surface area contributed by atoms with E-state index in [0.717, 1.165) is 12.2 Å². The molecule has 2 heterocycles. The molecule has 17 heavy (non-hydrogen) atoms. The SMILES string of the molecule is Nn1nnnc1C(=O)/C=C\C(=O)c1nn[nH]n1. The molecular weight excluding hydrogens is 230 g/mol. The van der Waals surface area contributed by atoms with Crippen LogP contribution < -0.4 is 5.84 Å². The minimum Gasteiger partial charge on any atom is -0.320 e. The van der Waals surface area contributed by atoms with Gasteiger partial charge in [-0.3, -0.25) is 9.59 Å². The number of nitrogens with one attached hydrogen (secondary N) is 1. The second-order valence-corrected chi connectivity index (χ2v) is 2.74. The number of nitrogens with zero attached hydrogens (tertiary/aromatic N) is 7. The topological polar surface area (TPSA) is 158 Å². The number of nitrogen functional groups attached to an aromatic ring is 1. The van der Waals surface area contributed by atoms with Crippen molar-refractivity contribution in [1.82, 2.24) is 40.9 Å². The van der Waals surface area contributed by atoms with Crippen LogP contribution in [0.15, 0.2) is 12.2 Å². The van der Waals surface area contributed by atoms with Crippen molar-refractivity contribution in [3.63, 3.8) is 0 Å². The van der Waals surface area contributed by atoms with Crippen LogP contribution in [0.5, 0.6) is 0 Å². The number of hydrogen-bond donors (Lipinski definition) is 2. The lowest BCUT2D eigenvalue weighted by atomic mass is 10.3. The average molecular weight is 235 g/mol. The van der Waals surface area contributed by atoms with Crippen molar-refractivity contribution in [3.8, 4) is 0 Å². The number of H-pyrrole nitrogens is 1. The molecule has 11 nitrogen and oxygen atoms in total. The quantitative estimate of drug-likeness (QED) is 0.332. The maximum Gasteiger partial charge on any atom is 0.244 e. The van der Waals surface area contributed by atoms with Crippen LogP contribution in [0.25, 0.3) is 0 Å². The number of hydrogen-bond acceptors (Lipinski definition) is 9. The first kappa shape index (κ1) is 10.5. The maximum absolute atomic E-state index is 11.5. The van der Waals surface area contributed by atoms with Crippen molar-refractivity contribution < 1.29 is 9.59 Å². The normalized spacial score (nSPS) is 10.8. The Labute approximate surface area is 92.6 Å². The summed E-state index contributed by atoms with van der Waals surface area (Å²) >= 11 is 0. The lowest BCUT2D eigenvalue weighted by Gasteiger charge is -1.90. The van der Waals surface area contributed by atoms with E-state index in [1.807, 2.05) is 0 Å². The van der Waals surface area contributed by atoms with Crippen LogP contribution in [0.2, 0.25) is 0 Å². The molecule has 0 radical (unpaired) electrons. The summed E-state index contributed by atoms with van der Waals surface area (Å²) in [6.45, 7) is 0. The number of aromatic amines is 1. The Kier molecular flexibility index (Phi) is 2.64. The van der Waals surface area contributed by atoms with Gasteiger partial charge in [-0.25, -0.2) is 0 Å². The highest BCUT2D eigenvalue weighted by Gasteiger charge is 2.12. The minimum absolute atomic E-state index is 0.151. The summed E-state index contributed by atoms with van der Waals surface area (Å²) in [6.07, 6.45) is 1.94. The molecule has 0 aliphatic heterocycles. The minimum atomic E-state index is -0.616. The van der Waals surface area contributed by atoms with Crippen LogP contribution in [0, 0.1) is 0 Å². The number of rotatable bonds is 4. The molecule has 0 aromatic carbocycles. The third-order valence-corrected chi connectivity index (χ3v) is 1.67. The van der Waals surface area contributed by atoms with Crippen LogP contribution in [0.4, 0.5) is 0 Å². The van der Waals surface area contributed by atoms with Crippen molar-refractivity contribution in [2.24, 2.45) is 0 Å². The molecule has 11 heteroatoms. The molecule has 0 atom stereocenters. The van der Waals surface area contributed by atoms with E-state index in [0.29, 0.717) is 4.79 Å². The zero-order valence-corrected chi connectivity index (χ0v) is 8.18. The van der Waals surface area contributed by atoms with E-state index in [1.165, 1.54) is 0 Å². The first-order valence-corrected chi connectivity index (χ1v) is 4.22. The second kappa shape index (κ2) is 4.26. The van der Waals surface area contributed by atoms with Gasteiger partial charge >= 0.3 is 0 Å². The molecule has 0 saturated carbocycles. The third-order valence-electron chi connectivity index (χ3n) is 1.67. The Morgan fingerprint density at radius 3 is 2.59 bits per heavy atom. The lowest BCUT2D eigenvalue weighted by Crippen LogP contribution is -2.17. The summed E-state index contributed by atoms with van der Waals surface area (Å²) in [5, 5.41) is 22.0. The van der Waals surface area contributed by atoms with Gasteiger partial charge in [0.05, 0.1) is 0 Å². The van der Waals surface area contributed by atoms with E-state index in [1.54, 1.807) is 0 Å². The lowest BCUT2D eigenvalue weighted by molar-refractivity contribution is 0.101. The van der Waals surface area contributed by atoms with Gasteiger partial charge in [0, 0.05) is 0 Å². The predicted octanol–water partition coefficient (Wildman–Crippen LogP) is -2.48. The van der Waals surface area contributed by atoms with E-state index in [-0.39, 0.29) is 11.6 Å². The molecule has 0 spiro atoms. The van der Waals surface area contributed by atoms with Crippen molar-refractivity contribution >= 4 is 11.6 Å².